The first kappa shape index (κ1) is 6.77. The van der Waals surface area contributed by atoms with Gasteiger partial charge in [0.05, 0.1) is 6.20 Å². The normalized spacial score (nSPS) is 16.1. The molecule has 0 spiro atoms. The summed E-state index contributed by atoms with van der Waals surface area (Å²) in [6.45, 7) is 0. The molecule has 0 amide bonds. The molecular formula is C9H10FN. The predicted molar refractivity (Wildman–Crippen MR) is 40.8 cm³/mol. The number of pyridine rings is 1. The molecule has 0 saturated carbocycles. The summed E-state index contributed by atoms with van der Waals surface area (Å²) in [7, 11) is 0. The summed E-state index contributed by atoms with van der Waals surface area (Å²) in [5.41, 5.74) is 2.20. The molecule has 0 saturated heterocycles. The number of fused-ring (bicyclic) bond motifs is 1. The van der Waals surface area contributed by atoms with Gasteiger partial charge in [0.2, 0.25) is 0 Å². The standard InChI is InChI=1S/C9H10FN/c10-8-5-7-3-1-2-4-9(7)11-6-8/h5-6H,1-4H2. The van der Waals surface area contributed by atoms with E-state index >= 15 is 0 Å². The van der Waals surface area contributed by atoms with Crippen molar-refractivity contribution in [2.75, 3.05) is 0 Å². The Labute approximate surface area is 65.3 Å². The Morgan fingerprint density at radius 3 is 3.00 bits per heavy atom. The van der Waals surface area contributed by atoms with Gasteiger partial charge in [0.15, 0.2) is 0 Å². The van der Waals surface area contributed by atoms with Crippen molar-refractivity contribution in [2.45, 2.75) is 25.7 Å². The zero-order valence-electron chi connectivity index (χ0n) is 6.31. The topological polar surface area (TPSA) is 12.9 Å². The molecule has 0 radical (unpaired) electrons. The molecule has 1 nitrogen and oxygen atoms in total. The second-order valence-corrected chi connectivity index (χ2v) is 2.97. The van der Waals surface area contributed by atoms with Crippen molar-refractivity contribution in [2.24, 2.45) is 0 Å². The average molecular weight is 151 g/mol. The highest BCUT2D eigenvalue weighted by Crippen LogP contribution is 2.19. The number of hydrogen-bond donors (Lipinski definition) is 0. The third-order valence-corrected chi connectivity index (χ3v) is 2.14. The highest BCUT2D eigenvalue weighted by Gasteiger charge is 2.10. The molecule has 1 aliphatic carbocycles. The summed E-state index contributed by atoms with van der Waals surface area (Å²) >= 11 is 0. The lowest BCUT2D eigenvalue weighted by atomic mass is 9.96. The monoisotopic (exact) mass is 151 g/mol. The van der Waals surface area contributed by atoms with Crippen LogP contribution in [0.15, 0.2) is 12.3 Å². The average Bonchev–Trinajstić information content (AvgIpc) is 2.04. The van der Waals surface area contributed by atoms with E-state index in [2.05, 4.69) is 4.98 Å². The van der Waals surface area contributed by atoms with Crippen LogP contribution >= 0.6 is 0 Å². The number of hydrogen-bond acceptors (Lipinski definition) is 1. The summed E-state index contributed by atoms with van der Waals surface area (Å²) in [6, 6.07) is 1.61. The summed E-state index contributed by atoms with van der Waals surface area (Å²) in [6.07, 6.45) is 5.71. The quantitative estimate of drug-likeness (QED) is 0.553. The molecular weight excluding hydrogens is 141 g/mol. The third-order valence-electron chi connectivity index (χ3n) is 2.14. The molecule has 0 unspecified atom stereocenters. The smallest absolute Gasteiger partial charge is 0.141 e. The fourth-order valence-electron chi connectivity index (χ4n) is 1.56. The molecule has 1 heterocycles. The van der Waals surface area contributed by atoms with Gasteiger partial charge < -0.3 is 0 Å². The molecule has 0 bridgehead atoms. The summed E-state index contributed by atoms with van der Waals surface area (Å²) in [5.74, 6) is -0.203. The van der Waals surface area contributed by atoms with E-state index in [4.69, 9.17) is 0 Å². The van der Waals surface area contributed by atoms with Gasteiger partial charge in [-0.05, 0) is 37.3 Å². The van der Waals surface area contributed by atoms with Gasteiger partial charge in [-0.3, -0.25) is 4.98 Å². The van der Waals surface area contributed by atoms with Crippen molar-refractivity contribution < 1.29 is 4.39 Å². The lowest BCUT2D eigenvalue weighted by Crippen LogP contribution is -2.05. The molecule has 11 heavy (non-hydrogen) atoms. The van der Waals surface area contributed by atoms with Crippen molar-refractivity contribution in [3.8, 4) is 0 Å². The van der Waals surface area contributed by atoms with Crippen LogP contribution in [0.1, 0.15) is 24.1 Å². The number of halogens is 1. The minimum absolute atomic E-state index is 0.203. The van der Waals surface area contributed by atoms with Crippen LogP contribution in [-0.4, -0.2) is 4.98 Å². The molecule has 1 aromatic heterocycles. The molecule has 0 aliphatic heterocycles. The van der Waals surface area contributed by atoms with Crippen LogP contribution in [0.4, 0.5) is 4.39 Å². The van der Waals surface area contributed by atoms with Gasteiger partial charge in [0, 0.05) is 5.69 Å². The van der Waals surface area contributed by atoms with Crippen molar-refractivity contribution in [1.82, 2.24) is 4.98 Å². The molecule has 2 heteroatoms. The summed E-state index contributed by atoms with van der Waals surface area (Å²) in [5, 5.41) is 0. The lowest BCUT2D eigenvalue weighted by molar-refractivity contribution is 0.599. The van der Waals surface area contributed by atoms with Crippen LogP contribution in [0, 0.1) is 5.82 Å². The maximum Gasteiger partial charge on any atom is 0.141 e. The zero-order valence-corrected chi connectivity index (χ0v) is 6.31. The first-order valence-corrected chi connectivity index (χ1v) is 3.99. The van der Waals surface area contributed by atoms with E-state index in [1.54, 1.807) is 6.07 Å². The third kappa shape index (κ3) is 1.25. The summed E-state index contributed by atoms with van der Waals surface area (Å²) in [4.78, 5) is 4.04. The number of aryl methyl sites for hydroxylation is 2. The molecule has 1 aromatic rings. The second kappa shape index (κ2) is 2.61. The Bertz CT molecular complexity index is 270. The Kier molecular flexibility index (Phi) is 1.60. The van der Waals surface area contributed by atoms with Crippen molar-refractivity contribution in [3.05, 3.63) is 29.3 Å². The SMILES string of the molecule is Fc1cnc2c(c1)CCCC2. The predicted octanol–water partition coefficient (Wildman–Crippen LogP) is 2.10. The van der Waals surface area contributed by atoms with Crippen LogP contribution in [0.25, 0.3) is 0 Å². The van der Waals surface area contributed by atoms with Gasteiger partial charge in [-0.15, -0.1) is 0 Å². The zero-order chi connectivity index (χ0) is 7.68. The minimum atomic E-state index is -0.203. The highest BCUT2D eigenvalue weighted by molar-refractivity contribution is 5.22. The highest BCUT2D eigenvalue weighted by atomic mass is 19.1. The Balaban J connectivity index is 2.43. The molecule has 0 aromatic carbocycles. The largest absolute Gasteiger partial charge is 0.258 e. The van der Waals surface area contributed by atoms with E-state index in [1.807, 2.05) is 0 Å². The van der Waals surface area contributed by atoms with Crippen LogP contribution in [0.3, 0.4) is 0 Å². The van der Waals surface area contributed by atoms with E-state index in [0.29, 0.717) is 0 Å². The van der Waals surface area contributed by atoms with Gasteiger partial charge in [0.25, 0.3) is 0 Å². The Morgan fingerprint density at radius 2 is 2.09 bits per heavy atom. The Morgan fingerprint density at radius 1 is 1.27 bits per heavy atom. The van der Waals surface area contributed by atoms with Gasteiger partial charge in [0.1, 0.15) is 5.82 Å². The van der Waals surface area contributed by atoms with Gasteiger partial charge in [-0.2, -0.15) is 0 Å². The van der Waals surface area contributed by atoms with E-state index in [0.717, 1.165) is 24.1 Å². The molecule has 58 valence electrons. The van der Waals surface area contributed by atoms with Crippen LogP contribution in [-0.2, 0) is 12.8 Å². The van der Waals surface area contributed by atoms with Gasteiger partial charge >= 0.3 is 0 Å². The van der Waals surface area contributed by atoms with Crippen molar-refractivity contribution in [1.29, 1.82) is 0 Å². The molecule has 0 fully saturated rings. The maximum absolute atomic E-state index is 12.6. The fourth-order valence-corrected chi connectivity index (χ4v) is 1.56. The first-order chi connectivity index (χ1) is 5.36. The van der Waals surface area contributed by atoms with E-state index < -0.39 is 0 Å². The van der Waals surface area contributed by atoms with E-state index in [9.17, 15) is 4.39 Å². The maximum atomic E-state index is 12.6. The molecule has 0 N–H and O–H groups in total. The second-order valence-electron chi connectivity index (χ2n) is 2.97. The van der Waals surface area contributed by atoms with Crippen LogP contribution in [0.5, 0.6) is 0 Å². The van der Waals surface area contributed by atoms with Gasteiger partial charge in [-0.25, -0.2) is 4.39 Å². The lowest BCUT2D eigenvalue weighted by Gasteiger charge is -2.13. The molecule has 2 rings (SSSR count). The first-order valence-electron chi connectivity index (χ1n) is 3.99. The van der Waals surface area contributed by atoms with Gasteiger partial charge in [-0.1, -0.05) is 0 Å². The fraction of sp³-hybridized carbons (Fsp3) is 0.444. The summed E-state index contributed by atoms with van der Waals surface area (Å²) < 4.78 is 12.6. The minimum Gasteiger partial charge on any atom is -0.258 e. The van der Waals surface area contributed by atoms with Crippen molar-refractivity contribution >= 4 is 0 Å². The van der Waals surface area contributed by atoms with Crippen molar-refractivity contribution in [3.63, 3.8) is 0 Å². The molecule has 1 aliphatic rings. The number of nitrogens with zero attached hydrogens (tertiary/aromatic N) is 1. The number of rotatable bonds is 0. The van der Waals surface area contributed by atoms with E-state index in [-0.39, 0.29) is 5.82 Å². The van der Waals surface area contributed by atoms with Crippen LogP contribution < -0.4 is 0 Å². The Hall–Kier alpha value is -0.920. The molecule has 0 atom stereocenters. The van der Waals surface area contributed by atoms with E-state index in [1.165, 1.54) is 19.0 Å². The van der Waals surface area contributed by atoms with Crippen LogP contribution in [0.2, 0.25) is 0 Å². The number of aromatic nitrogens is 1.